The molecule has 5 heteroatoms. The largest absolute Gasteiger partial charge is 0.435 e. The van der Waals surface area contributed by atoms with E-state index in [2.05, 4.69) is 4.74 Å². The highest BCUT2D eigenvalue weighted by Crippen LogP contribution is 2.24. The number of halogens is 3. The summed E-state index contributed by atoms with van der Waals surface area (Å²) >= 11 is 0. The third kappa shape index (κ3) is 3.48. The molecule has 2 nitrogen and oxygen atoms in total. The van der Waals surface area contributed by atoms with Crippen molar-refractivity contribution in [2.24, 2.45) is 5.73 Å². The van der Waals surface area contributed by atoms with E-state index in [4.69, 9.17) is 5.73 Å². The van der Waals surface area contributed by atoms with E-state index in [1.54, 1.807) is 24.3 Å². The average molecular weight is 267 g/mol. The van der Waals surface area contributed by atoms with Crippen LogP contribution in [0.5, 0.6) is 5.75 Å². The van der Waals surface area contributed by atoms with Crippen LogP contribution < -0.4 is 10.5 Å². The Morgan fingerprint density at radius 1 is 0.947 bits per heavy atom. The van der Waals surface area contributed by atoms with Gasteiger partial charge in [-0.1, -0.05) is 24.3 Å². The molecule has 0 saturated carbocycles. The standard InChI is InChI=1S/C14H12F3NO/c15-11-5-1-3-9(7-11)13(18)10-4-2-6-12(8-10)19-14(16)17/h1-8,13-14H,18H2. The Morgan fingerprint density at radius 3 is 2.21 bits per heavy atom. The quantitative estimate of drug-likeness (QED) is 0.920. The Bertz CT molecular complexity index is 560. The molecule has 0 aromatic heterocycles. The van der Waals surface area contributed by atoms with Gasteiger partial charge in [0.25, 0.3) is 0 Å². The van der Waals surface area contributed by atoms with Gasteiger partial charge in [-0.2, -0.15) is 8.78 Å². The Balaban J connectivity index is 2.26. The van der Waals surface area contributed by atoms with Crippen molar-refractivity contribution >= 4 is 0 Å². The minimum atomic E-state index is -2.89. The summed E-state index contributed by atoms with van der Waals surface area (Å²) < 4.78 is 41.7. The van der Waals surface area contributed by atoms with Crippen LogP contribution in [-0.2, 0) is 0 Å². The lowest BCUT2D eigenvalue weighted by Crippen LogP contribution is -2.12. The van der Waals surface area contributed by atoms with Gasteiger partial charge < -0.3 is 10.5 Å². The van der Waals surface area contributed by atoms with Crippen LogP contribution in [-0.4, -0.2) is 6.61 Å². The zero-order valence-electron chi connectivity index (χ0n) is 9.89. The molecule has 100 valence electrons. The minimum Gasteiger partial charge on any atom is -0.435 e. The Labute approximate surface area is 108 Å². The van der Waals surface area contributed by atoms with Crippen LogP contribution >= 0.6 is 0 Å². The predicted octanol–water partition coefficient (Wildman–Crippen LogP) is 3.48. The molecule has 0 radical (unpaired) electrons. The van der Waals surface area contributed by atoms with Crippen LogP contribution in [0.25, 0.3) is 0 Å². The smallest absolute Gasteiger partial charge is 0.387 e. The van der Waals surface area contributed by atoms with E-state index in [1.165, 1.54) is 24.3 Å². The van der Waals surface area contributed by atoms with Crippen LogP contribution in [0.1, 0.15) is 17.2 Å². The van der Waals surface area contributed by atoms with Crippen LogP contribution in [0.2, 0.25) is 0 Å². The average Bonchev–Trinajstić information content (AvgIpc) is 2.37. The van der Waals surface area contributed by atoms with Crippen molar-refractivity contribution in [2.75, 3.05) is 0 Å². The fourth-order valence-corrected chi connectivity index (χ4v) is 1.78. The first kappa shape index (κ1) is 13.4. The van der Waals surface area contributed by atoms with Crippen LogP contribution in [0.15, 0.2) is 48.5 Å². The highest BCUT2D eigenvalue weighted by atomic mass is 19.3. The maximum absolute atomic E-state index is 13.1. The molecule has 2 rings (SSSR count). The minimum absolute atomic E-state index is 0.0272. The highest BCUT2D eigenvalue weighted by Gasteiger charge is 2.11. The second kappa shape index (κ2) is 5.75. The summed E-state index contributed by atoms with van der Waals surface area (Å²) in [6.45, 7) is -2.89. The van der Waals surface area contributed by atoms with Gasteiger partial charge in [-0.05, 0) is 35.4 Å². The first-order chi connectivity index (χ1) is 9.06. The van der Waals surface area contributed by atoms with Gasteiger partial charge in [-0.3, -0.25) is 0 Å². The molecular weight excluding hydrogens is 255 g/mol. The van der Waals surface area contributed by atoms with Crippen molar-refractivity contribution in [1.82, 2.24) is 0 Å². The molecule has 0 aliphatic heterocycles. The molecule has 1 unspecified atom stereocenters. The molecule has 1 atom stereocenters. The van der Waals surface area contributed by atoms with E-state index in [9.17, 15) is 13.2 Å². The summed E-state index contributed by atoms with van der Waals surface area (Å²) in [5.74, 6) is -0.368. The van der Waals surface area contributed by atoms with Gasteiger partial charge in [0, 0.05) is 0 Å². The monoisotopic (exact) mass is 267 g/mol. The van der Waals surface area contributed by atoms with E-state index in [0.717, 1.165) is 0 Å². The van der Waals surface area contributed by atoms with Gasteiger partial charge in [0.2, 0.25) is 0 Å². The predicted molar refractivity (Wildman–Crippen MR) is 65.5 cm³/mol. The molecule has 0 fully saturated rings. The SMILES string of the molecule is NC(c1cccc(F)c1)c1cccc(OC(F)F)c1. The Kier molecular flexibility index (Phi) is 4.06. The lowest BCUT2D eigenvalue weighted by molar-refractivity contribution is -0.0498. The molecule has 0 aliphatic rings. The summed E-state index contributed by atoms with van der Waals surface area (Å²) in [7, 11) is 0. The molecule has 19 heavy (non-hydrogen) atoms. The van der Waals surface area contributed by atoms with Crippen molar-refractivity contribution in [3.8, 4) is 5.75 Å². The van der Waals surface area contributed by atoms with Gasteiger partial charge in [0.1, 0.15) is 11.6 Å². The summed E-state index contributed by atoms with van der Waals surface area (Å²) in [6.07, 6.45) is 0. The van der Waals surface area contributed by atoms with Crippen molar-refractivity contribution in [3.63, 3.8) is 0 Å². The molecule has 2 N–H and O–H groups in total. The van der Waals surface area contributed by atoms with Gasteiger partial charge >= 0.3 is 6.61 Å². The lowest BCUT2D eigenvalue weighted by atomic mass is 9.99. The van der Waals surface area contributed by atoms with Gasteiger partial charge in [0.05, 0.1) is 6.04 Å². The summed E-state index contributed by atoms with van der Waals surface area (Å²) in [5, 5.41) is 0. The van der Waals surface area contributed by atoms with Crippen molar-refractivity contribution < 1.29 is 17.9 Å². The third-order valence-electron chi connectivity index (χ3n) is 2.65. The zero-order chi connectivity index (χ0) is 13.8. The second-order valence-electron chi connectivity index (χ2n) is 3.98. The molecule has 2 aromatic rings. The Hall–Kier alpha value is -2.01. The van der Waals surface area contributed by atoms with E-state index in [1.807, 2.05) is 0 Å². The fourth-order valence-electron chi connectivity index (χ4n) is 1.78. The first-order valence-electron chi connectivity index (χ1n) is 5.62. The normalized spacial score (nSPS) is 12.5. The number of alkyl halides is 2. The molecule has 0 heterocycles. The Morgan fingerprint density at radius 2 is 1.58 bits per heavy atom. The van der Waals surface area contributed by atoms with Gasteiger partial charge in [0.15, 0.2) is 0 Å². The van der Waals surface area contributed by atoms with Crippen LogP contribution in [0.4, 0.5) is 13.2 Å². The van der Waals surface area contributed by atoms with Crippen LogP contribution in [0.3, 0.4) is 0 Å². The van der Waals surface area contributed by atoms with E-state index < -0.39 is 18.5 Å². The van der Waals surface area contributed by atoms with E-state index >= 15 is 0 Å². The van der Waals surface area contributed by atoms with Crippen molar-refractivity contribution in [1.29, 1.82) is 0 Å². The number of benzene rings is 2. The number of rotatable bonds is 4. The maximum atomic E-state index is 13.1. The molecule has 0 spiro atoms. The molecular formula is C14H12F3NO. The molecule has 0 aliphatic carbocycles. The summed E-state index contributed by atoms with van der Waals surface area (Å²) in [5.41, 5.74) is 7.11. The van der Waals surface area contributed by atoms with Crippen molar-refractivity contribution in [3.05, 3.63) is 65.5 Å². The van der Waals surface area contributed by atoms with Gasteiger partial charge in [-0.25, -0.2) is 4.39 Å². The molecule has 0 amide bonds. The highest BCUT2D eigenvalue weighted by molar-refractivity contribution is 5.36. The first-order valence-corrected chi connectivity index (χ1v) is 5.62. The van der Waals surface area contributed by atoms with Gasteiger partial charge in [-0.15, -0.1) is 0 Å². The van der Waals surface area contributed by atoms with Crippen LogP contribution in [0, 0.1) is 5.82 Å². The topological polar surface area (TPSA) is 35.2 Å². The zero-order valence-corrected chi connectivity index (χ0v) is 9.89. The van der Waals surface area contributed by atoms with E-state index in [-0.39, 0.29) is 5.75 Å². The number of ether oxygens (including phenoxy) is 1. The number of hydrogen-bond acceptors (Lipinski definition) is 2. The molecule has 0 bridgehead atoms. The summed E-state index contributed by atoms with van der Waals surface area (Å²) in [4.78, 5) is 0. The number of hydrogen-bond donors (Lipinski definition) is 1. The maximum Gasteiger partial charge on any atom is 0.387 e. The van der Waals surface area contributed by atoms with Crippen molar-refractivity contribution in [2.45, 2.75) is 12.7 Å². The molecule has 0 saturated heterocycles. The number of nitrogens with two attached hydrogens (primary N) is 1. The lowest BCUT2D eigenvalue weighted by Gasteiger charge is -2.14. The van der Waals surface area contributed by atoms with E-state index in [0.29, 0.717) is 11.1 Å². The third-order valence-corrected chi connectivity index (χ3v) is 2.65. The summed E-state index contributed by atoms with van der Waals surface area (Å²) in [6, 6.07) is 11.3. The molecule has 2 aromatic carbocycles. The fraction of sp³-hybridized carbons (Fsp3) is 0.143. The second-order valence-corrected chi connectivity index (χ2v) is 3.98.